The molecule has 26 heavy (non-hydrogen) atoms. The maximum atomic E-state index is 13.2. The number of anilines is 1. The van der Waals surface area contributed by atoms with Crippen LogP contribution in [-0.4, -0.2) is 18.2 Å². The quantitative estimate of drug-likeness (QED) is 0.803. The van der Waals surface area contributed by atoms with Gasteiger partial charge >= 0.3 is 0 Å². The van der Waals surface area contributed by atoms with Gasteiger partial charge < -0.3 is 10.6 Å². The molecular formula is C22H26N2O2. The van der Waals surface area contributed by atoms with Crippen molar-refractivity contribution < 1.29 is 9.59 Å². The van der Waals surface area contributed by atoms with Crippen molar-refractivity contribution in [2.24, 2.45) is 11.7 Å². The molecule has 2 aromatic rings. The summed E-state index contributed by atoms with van der Waals surface area (Å²) in [6, 6.07) is 17.2. The molecule has 1 fully saturated rings. The minimum atomic E-state index is -0.0743. The average molecular weight is 350 g/mol. The van der Waals surface area contributed by atoms with Crippen molar-refractivity contribution in [1.82, 2.24) is 0 Å². The van der Waals surface area contributed by atoms with E-state index in [0.717, 1.165) is 36.9 Å². The summed E-state index contributed by atoms with van der Waals surface area (Å²) in [6.07, 6.45) is 5.45. The van der Waals surface area contributed by atoms with Crippen LogP contribution >= 0.6 is 0 Å². The van der Waals surface area contributed by atoms with E-state index in [4.69, 9.17) is 5.73 Å². The zero-order valence-electron chi connectivity index (χ0n) is 15.1. The highest BCUT2D eigenvalue weighted by Gasteiger charge is 2.27. The monoisotopic (exact) mass is 350 g/mol. The maximum absolute atomic E-state index is 13.2. The van der Waals surface area contributed by atoms with Gasteiger partial charge in [-0.2, -0.15) is 0 Å². The second-order valence-electron chi connectivity index (χ2n) is 6.92. The fourth-order valence-corrected chi connectivity index (χ4v) is 3.57. The van der Waals surface area contributed by atoms with Crippen LogP contribution in [0.4, 0.5) is 5.69 Å². The number of ketones is 1. The van der Waals surface area contributed by atoms with Gasteiger partial charge in [-0.1, -0.05) is 61.7 Å². The third kappa shape index (κ3) is 4.38. The first kappa shape index (κ1) is 18.3. The van der Waals surface area contributed by atoms with Gasteiger partial charge in [0, 0.05) is 17.2 Å². The molecule has 0 radical (unpaired) electrons. The zero-order chi connectivity index (χ0) is 18.4. The van der Waals surface area contributed by atoms with Gasteiger partial charge in [0.05, 0.1) is 13.1 Å². The minimum absolute atomic E-state index is 0.00958. The number of carbonyl (C=O) groups is 2. The molecule has 1 aliphatic carbocycles. The van der Waals surface area contributed by atoms with Crippen LogP contribution in [0.2, 0.25) is 0 Å². The Morgan fingerprint density at radius 1 is 0.923 bits per heavy atom. The third-order valence-corrected chi connectivity index (χ3v) is 5.09. The lowest BCUT2D eigenvalue weighted by atomic mass is 9.88. The van der Waals surface area contributed by atoms with E-state index in [9.17, 15) is 9.59 Å². The molecule has 1 amide bonds. The smallest absolute Gasteiger partial charge is 0.230 e. The van der Waals surface area contributed by atoms with E-state index >= 15 is 0 Å². The van der Waals surface area contributed by atoms with E-state index in [1.807, 2.05) is 47.4 Å². The molecule has 0 spiro atoms. The molecule has 0 unspecified atom stereocenters. The highest BCUT2D eigenvalue weighted by atomic mass is 16.2. The number of hydrogen-bond acceptors (Lipinski definition) is 3. The number of rotatable bonds is 6. The molecule has 0 aromatic heterocycles. The first-order valence-electron chi connectivity index (χ1n) is 9.37. The van der Waals surface area contributed by atoms with Crippen LogP contribution in [0.15, 0.2) is 54.6 Å². The van der Waals surface area contributed by atoms with E-state index in [1.54, 1.807) is 12.1 Å². The van der Waals surface area contributed by atoms with Crippen molar-refractivity contribution in [2.45, 2.75) is 38.6 Å². The van der Waals surface area contributed by atoms with Gasteiger partial charge in [0.1, 0.15) is 0 Å². The fraction of sp³-hybridized carbons (Fsp3) is 0.364. The fourth-order valence-electron chi connectivity index (χ4n) is 3.57. The molecule has 0 atom stereocenters. The van der Waals surface area contributed by atoms with E-state index in [0.29, 0.717) is 12.1 Å². The van der Waals surface area contributed by atoms with Crippen LogP contribution in [0, 0.1) is 5.92 Å². The van der Waals surface area contributed by atoms with E-state index in [-0.39, 0.29) is 24.2 Å². The first-order chi connectivity index (χ1) is 12.7. The number of para-hydroxylation sites is 1. The molecule has 0 saturated heterocycles. The first-order valence-corrected chi connectivity index (χ1v) is 9.37. The van der Waals surface area contributed by atoms with Gasteiger partial charge in [0.25, 0.3) is 0 Å². The van der Waals surface area contributed by atoms with Gasteiger partial charge in [-0.25, -0.2) is 0 Å². The van der Waals surface area contributed by atoms with Crippen LogP contribution in [-0.2, 0) is 11.3 Å². The molecule has 0 bridgehead atoms. The number of Topliss-reactive ketones (excluding diaryl/α,β-unsaturated/α-hetero) is 1. The lowest BCUT2D eigenvalue weighted by molar-refractivity contribution is -0.123. The Morgan fingerprint density at radius 3 is 2.19 bits per heavy atom. The van der Waals surface area contributed by atoms with Gasteiger partial charge in [0.15, 0.2) is 5.78 Å². The second kappa shape index (κ2) is 8.77. The van der Waals surface area contributed by atoms with Gasteiger partial charge in [0.2, 0.25) is 5.91 Å². The lowest BCUT2D eigenvalue weighted by Gasteiger charge is -2.29. The number of hydrogen-bond donors (Lipinski definition) is 1. The topological polar surface area (TPSA) is 63.4 Å². The Hall–Kier alpha value is -2.46. The van der Waals surface area contributed by atoms with Crippen LogP contribution in [0.25, 0.3) is 0 Å². The molecule has 1 saturated carbocycles. The normalized spacial score (nSPS) is 14.8. The number of benzene rings is 2. The highest BCUT2D eigenvalue weighted by molar-refractivity contribution is 5.97. The molecule has 0 aliphatic heterocycles. The summed E-state index contributed by atoms with van der Waals surface area (Å²) in [7, 11) is 0. The Kier molecular flexibility index (Phi) is 6.18. The predicted octanol–water partition coefficient (Wildman–Crippen LogP) is 3.94. The molecular weight excluding hydrogens is 324 g/mol. The zero-order valence-corrected chi connectivity index (χ0v) is 15.1. The molecule has 2 aromatic carbocycles. The van der Waals surface area contributed by atoms with Crippen molar-refractivity contribution in [3.05, 3.63) is 65.7 Å². The van der Waals surface area contributed by atoms with Crippen molar-refractivity contribution in [2.75, 3.05) is 11.4 Å². The molecule has 0 heterocycles. The SMILES string of the molecule is NCC(=O)c1ccc(CN(C(=O)C2CCCCC2)c2ccccc2)cc1. The summed E-state index contributed by atoms with van der Waals surface area (Å²) in [5, 5.41) is 0. The summed E-state index contributed by atoms with van der Waals surface area (Å²) in [5.74, 6) is 0.245. The summed E-state index contributed by atoms with van der Waals surface area (Å²) in [5.41, 5.74) is 7.96. The van der Waals surface area contributed by atoms with Gasteiger partial charge in [-0.3, -0.25) is 9.59 Å². The average Bonchev–Trinajstić information content (AvgIpc) is 2.72. The maximum Gasteiger partial charge on any atom is 0.230 e. The van der Waals surface area contributed by atoms with Crippen molar-refractivity contribution in [3.63, 3.8) is 0 Å². The van der Waals surface area contributed by atoms with Crippen LogP contribution < -0.4 is 10.6 Å². The number of amides is 1. The Labute approximate surface area is 155 Å². The third-order valence-electron chi connectivity index (χ3n) is 5.09. The van der Waals surface area contributed by atoms with Crippen LogP contribution in [0.5, 0.6) is 0 Å². The largest absolute Gasteiger partial charge is 0.324 e. The Morgan fingerprint density at radius 2 is 1.58 bits per heavy atom. The number of nitrogens with two attached hydrogens (primary N) is 1. The summed E-state index contributed by atoms with van der Waals surface area (Å²) in [4.78, 5) is 26.8. The molecule has 4 nitrogen and oxygen atoms in total. The van der Waals surface area contributed by atoms with Crippen molar-refractivity contribution in [1.29, 1.82) is 0 Å². The molecule has 1 aliphatic rings. The lowest BCUT2D eigenvalue weighted by Crippen LogP contribution is -2.36. The van der Waals surface area contributed by atoms with Crippen LogP contribution in [0.3, 0.4) is 0 Å². The molecule has 136 valence electrons. The van der Waals surface area contributed by atoms with Crippen molar-refractivity contribution in [3.8, 4) is 0 Å². The molecule has 4 heteroatoms. The van der Waals surface area contributed by atoms with Crippen molar-refractivity contribution >= 4 is 17.4 Å². The predicted molar refractivity (Wildman–Crippen MR) is 104 cm³/mol. The Balaban J connectivity index is 1.81. The van der Waals surface area contributed by atoms with Gasteiger partial charge in [-0.05, 0) is 30.5 Å². The summed E-state index contributed by atoms with van der Waals surface area (Å²) in [6.45, 7) is 0.520. The number of nitrogens with zero attached hydrogens (tertiary/aromatic N) is 1. The Bertz CT molecular complexity index is 734. The van der Waals surface area contributed by atoms with E-state index in [1.165, 1.54) is 6.42 Å². The van der Waals surface area contributed by atoms with Crippen LogP contribution in [0.1, 0.15) is 48.0 Å². The summed E-state index contributed by atoms with van der Waals surface area (Å²) < 4.78 is 0. The van der Waals surface area contributed by atoms with E-state index < -0.39 is 0 Å². The minimum Gasteiger partial charge on any atom is -0.324 e. The van der Waals surface area contributed by atoms with E-state index in [2.05, 4.69) is 0 Å². The number of carbonyl (C=O) groups excluding carboxylic acids is 2. The van der Waals surface area contributed by atoms with Gasteiger partial charge in [-0.15, -0.1) is 0 Å². The second-order valence-corrected chi connectivity index (χ2v) is 6.92. The highest BCUT2D eigenvalue weighted by Crippen LogP contribution is 2.28. The molecule has 2 N–H and O–H groups in total. The molecule has 3 rings (SSSR count). The summed E-state index contributed by atoms with van der Waals surface area (Å²) >= 11 is 0. The standard InChI is InChI=1S/C22H26N2O2/c23-15-21(25)18-13-11-17(12-14-18)16-24(20-9-5-2-6-10-20)22(26)19-7-3-1-4-8-19/h2,5-6,9-14,19H,1,3-4,7-8,15-16,23H2.